The molecule has 19 heteroatoms. The second-order valence-corrected chi connectivity index (χ2v) is 10.9. The number of aliphatic hydroxyl groups excluding tert-OH is 4. The second kappa shape index (κ2) is 11.2. The molecule has 5 rings (SSSR count). The highest BCUT2D eigenvalue weighted by molar-refractivity contribution is 7.45. The van der Waals surface area contributed by atoms with Crippen LogP contribution < -0.4 is 15.2 Å². The maximum absolute atomic E-state index is 12.5. The third-order valence-electron chi connectivity index (χ3n) is 6.98. The number of carboxylic acids is 1. The Morgan fingerprint density at radius 1 is 1.19 bits per heavy atom. The zero-order valence-corrected chi connectivity index (χ0v) is 22.2. The van der Waals surface area contributed by atoms with Crippen LogP contribution in [0.1, 0.15) is 22.3 Å². The van der Waals surface area contributed by atoms with E-state index in [1.165, 1.54) is 39.5 Å². The third-order valence-corrected chi connectivity index (χ3v) is 7.91. The molecule has 18 nitrogen and oxygen atoms in total. The fourth-order valence-corrected chi connectivity index (χ4v) is 5.54. The van der Waals surface area contributed by atoms with Crippen molar-refractivity contribution in [2.45, 2.75) is 48.5 Å². The van der Waals surface area contributed by atoms with Gasteiger partial charge in [-0.25, -0.2) is 14.3 Å². The standard InChI is InChI=1S/C23H25N6O12P/c24-9-23(15-4-3-12-20(25)26-10-27-29(12)15)19(33)17(31)14(41-23)8-39-42(36,37)38-7-13-16(30)18(32)21(40-13)28-5-1-2-11(6-28)22(34)35/h1-6,10,13-14,16-19,21,30-33H,7-8H2,(H3-,25,26,27,34,35,36,37)/t13-,14-,16-,17-,18-,19-,21-,23+/m1/s1. The van der Waals surface area contributed by atoms with Gasteiger partial charge in [0.1, 0.15) is 54.0 Å². The maximum Gasteiger partial charge on any atom is 0.341 e. The summed E-state index contributed by atoms with van der Waals surface area (Å²) in [6.07, 6.45) is -7.29. The third kappa shape index (κ3) is 5.23. The number of anilines is 1. The van der Waals surface area contributed by atoms with E-state index < -0.39 is 75.5 Å². The number of nitrogen functional groups attached to an aromatic ring is 1. The highest BCUT2D eigenvalue weighted by Crippen LogP contribution is 2.44. The van der Waals surface area contributed by atoms with Gasteiger partial charge in [-0.3, -0.25) is 4.57 Å². The molecule has 5 heterocycles. The predicted molar refractivity (Wildman–Crippen MR) is 131 cm³/mol. The number of aromatic carboxylic acids is 1. The van der Waals surface area contributed by atoms with E-state index in [-0.39, 0.29) is 17.1 Å². The number of nitrogens with two attached hydrogens (primary N) is 1. The average Bonchev–Trinajstić information content (AvgIpc) is 3.61. The van der Waals surface area contributed by atoms with Crippen molar-refractivity contribution in [1.29, 1.82) is 5.26 Å². The van der Waals surface area contributed by atoms with Crippen molar-refractivity contribution in [1.82, 2.24) is 14.6 Å². The van der Waals surface area contributed by atoms with E-state index in [4.69, 9.17) is 29.4 Å². The van der Waals surface area contributed by atoms with Crippen molar-refractivity contribution in [3.8, 4) is 6.07 Å². The van der Waals surface area contributed by atoms with E-state index in [1.807, 2.05) is 0 Å². The Hall–Kier alpha value is -3.60. The van der Waals surface area contributed by atoms with Gasteiger partial charge in [-0.1, -0.05) is 0 Å². The van der Waals surface area contributed by atoms with Crippen LogP contribution in [0.5, 0.6) is 0 Å². The first-order chi connectivity index (χ1) is 19.9. The molecule has 2 aliphatic rings. The molecule has 2 aliphatic heterocycles. The second-order valence-electron chi connectivity index (χ2n) is 9.53. The summed E-state index contributed by atoms with van der Waals surface area (Å²) in [6.45, 7) is -1.68. The van der Waals surface area contributed by atoms with Crippen LogP contribution in [0.4, 0.5) is 5.82 Å². The fraction of sp³-hybridized carbons (Fsp3) is 0.435. The van der Waals surface area contributed by atoms with Crippen LogP contribution in [0.3, 0.4) is 0 Å². The van der Waals surface area contributed by atoms with Gasteiger partial charge in [0.05, 0.1) is 18.9 Å². The number of ether oxygens (including phenoxy) is 2. The highest BCUT2D eigenvalue weighted by Gasteiger charge is 2.58. The van der Waals surface area contributed by atoms with E-state index in [0.29, 0.717) is 5.52 Å². The van der Waals surface area contributed by atoms with Gasteiger partial charge in [-0.05, 0) is 18.2 Å². The van der Waals surface area contributed by atoms with E-state index in [2.05, 4.69) is 10.1 Å². The van der Waals surface area contributed by atoms with Crippen LogP contribution in [0, 0.1) is 11.3 Å². The number of phosphoric acid groups is 1. The minimum Gasteiger partial charge on any atom is -0.756 e. The lowest BCUT2D eigenvalue weighted by molar-refractivity contribution is -0.765. The number of carbonyl (C=O) groups is 1. The molecule has 0 radical (unpaired) electrons. The molecule has 0 amide bonds. The lowest BCUT2D eigenvalue weighted by Gasteiger charge is -2.27. The van der Waals surface area contributed by atoms with Crippen molar-refractivity contribution >= 4 is 25.1 Å². The van der Waals surface area contributed by atoms with Gasteiger partial charge >= 0.3 is 5.97 Å². The first-order valence-corrected chi connectivity index (χ1v) is 13.7. The Labute approximate surface area is 235 Å². The smallest absolute Gasteiger partial charge is 0.341 e. The monoisotopic (exact) mass is 608 g/mol. The summed E-state index contributed by atoms with van der Waals surface area (Å²) in [4.78, 5) is 27.5. The van der Waals surface area contributed by atoms with E-state index in [0.717, 1.165) is 12.5 Å². The molecule has 0 aromatic carbocycles. The molecule has 0 spiro atoms. The Kier molecular flexibility index (Phi) is 8.00. The normalized spacial score (nSPS) is 32.5. The van der Waals surface area contributed by atoms with Crippen LogP contribution in [0.25, 0.3) is 5.52 Å². The topological polar surface area (TPSA) is 279 Å². The number of phosphoric ester groups is 1. The molecule has 2 saturated heterocycles. The summed E-state index contributed by atoms with van der Waals surface area (Å²) in [5, 5.41) is 65.2. The van der Waals surface area contributed by atoms with Crippen molar-refractivity contribution < 1.29 is 62.9 Å². The molecule has 3 aromatic heterocycles. The minimum atomic E-state index is -5.16. The van der Waals surface area contributed by atoms with Crippen molar-refractivity contribution in [3.63, 3.8) is 0 Å². The fourth-order valence-electron chi connectivity index (χ4n) is 4.81. The van der Waals surface area contributed by atoms with Crippen molar-refractivity contribution in [3.05, 3.63) is 54.2 Å². The number of rotatable bonds is 9. The van der Waals surface area contributed by atoms with Crippen LogP contribution in [0.15, 0.2) is 43.0 Å². The number of carboxylic acid groups (broad SMARTS) is 1. The molecule has 7 N–H and O–H groups in total. The molecule has 2 fully saturated rings. The molecule has 9 atom stereocenters. The average molecular weight is 608 g/mol. The number of nitriles is 1. The number of nitrogens with zero attached hydrogens (tertiary/aromatic N) is 5. The molecule has 224 valence electrons. The van der Waals surface area contributed by atoms with Crippen LogP contribution in [-0.4, -0.2) is 95.9 Å². The Bertz CT molecular complexity index is 1580. The minimum absolute atomic E-state index is 0.00282. The first kappa shape index (κ1) is 29.9. The van der Waals surface area contributed by atoms with E-state index in [9.17, 15) is 39.9 Å². The van der Waals surface area contributed by atoms with Crippen LogP contribution >= 0.6 is 7.82 Å². The SMILES string of the molecule is N#C[C@@]1(c2ccc3c(N)ncnn23)O[C@H](COP(=O)([O-])OC[C@H]2O[C@@H]([n+]3cccc(C(=O)O)c3)[C@H](O)[C@@H]2O)[C@@H](O)[C@H]1O. The van der Waals surface area contributed by atoms with Gasteiger partial charge in [-0.2, -0.15) is 14.9 Å². The lowest BCUT2D eigenvalue weighted by Crippen LogP contribution is -2.46. The molecule has 3 aromatic rings. The van der Waals surface area contributed by atoms with Gasteiger partial charge in [0, 0.05) is 6.07 Å². The molecular weight excluding hydrogens is 583 g/mol. The summed E-state index contributed by atoms with van der Waals surface area (Å²) < 4.78 is 35.6. The van der Waals surface area contributed by atoms with Crippen LogP contribution in [-0.2, 0) is 28.7 Å². The predicted octanol–water partition coefficient (Wildman–Crippen LogP) is -3.04. The van der Waals surface area contributed by atoms with Gasteiger partial charge in [0.15, 0.2) is 24.3 Å². The van der Waals surface area contributed by atoms with E-state index in [1.54, 1.807) is 6.07 Å². The number of pyridine rings is 1. The Morgan fingerprint density at radius 3 is 2.60 bits per heavy atom. The zero-order chi connectivity index (χ0) is 30.4. The highest BCUT2D eigenvalue weighted by atomic mass is 31.2. The molecule has 0 bridgehead atoms. The van der Waals surface area contributed by atoms with Gasteiger partial charge in [0.25, 0.3) is 14.1 Å². The van der Waals surface area contributed by atoms with Crippen LogP contribution in [0.2, 0.25) is 0 Å². The Morgan fingerprint density at radius 2 is 1.90 bits per heavy atom. The lowest BCUT2D eigenvalue weighted by atomic mass is 9.92. The Balaban J connectivity index is 1.23. The number of fused-ring (bicyclic) bond motifs is 1. The number of aromatic nitrogens is 4. The summed E-state index contributed by atoms with van der Waals surface area (Å²) in [7, 11) is -5.16. The summed E-state index contributed by atoms with van der Waals surface area (Å²) in [5.74, 6) is -1.16. The number of aliphatic hydroxyl groups is 4. The van der Waals surface area contributed by atoms with E-state index >= 15 is 0 Å². The first-order valence-electron chi connectivity index (χ1n) is 12.3. The number of hydrogen-bond acceptors (Lipinski definition) is 15. The largest absolute Gasteiger partial charge is 0.756 e. The quantitative estimate of drug-likeness (QED) is 0.104. The van der Waals surface area contributed by atoms with Gasteiger partial charge < -0.3 is 54.7 Å². The number of hydrogen-bond donors (Lipinski definition) is 6. The van der Waals surface area contributed by atoms with Crippen molar-refractivity contribution in [2.24, 2.45) is 0 Å². The van der Waals surface area contributed by atoms with Crippen molar-refractivity contribution in [2.75, 3.05) is 18.9 Å². The van der Waals surface area contributed by atoms with Gasteiger partial charge in [-0.15, -0.1) is 0 Å². The molecule has 1 unspecified atom stereocenters. The molecular formula is C23H25N6O12P. The van der Waals surface area contributed by atoms with Gasteiger partial charge in [0.2, 0.25) is 5.60 Å². The zero-order valence-electron chi connectivity index (χ0n) is 21.4. The summed E-state index contributed by atoms with van der Waals surface area (Å²) in [6, 6.07) is 7.35. The molecule has 0 aliphatic carbocycles. The maximum atomic E-state index is 12.5. The summed E-state index contributed by atoms with van der Waals surface area (Å²) >= 11 is 0. The summed E-state index contributed by atoms with van der Waals surface area (Å²) in [5.41, 5.74) is 3.80. The molecule has 0 saturated carbocycles. The molecule has 42 heavy (non-hydrogen) atoms.